The van der Waals surface area contributed by atoms with Crippen molar-refractivity contribution in [3.63, 3.8) is 0 Å². The maximum atomic E-state index is 11.9. The van der Waals surface area contributed by atoms with E-state index in [1.54, 1.807) is 0 Å². The number of hydrogen-bond donors (Lipinski definition) is 2. The molecule has 3 unspecified atom stereocenters. The van der Waals surface area contributed by atoms with Gasteiger partial charge in [-0.05, 0) is 51.9 Å². The van der Waals surface area contributed by atoms with Crippen LogP contribution in [0.1, 0.15) is 58.3 Å². The largest absolute Gasteiger partial charge is 0.466 e. The number of fused-ring (bicyclic) bond motifs is 2. The van der Waals surface area contributed by atoms with Crippen molar-refractivity contribution in [2.75, 3.05) is 20.3 Å². The van der Waals surface area contributed by atoms with Crippen LogP contribution in [0.4, 0.5) is 0 Å². The van der Waals surface area contributed by atoms with Crippen LogP contribution in [0, 0.1) is 17.3 Å². The van der Waals surface area contributed by atoms with Crippen molar-refractivity contribution in [1.29, 1.82) is 0 Å². The molecule has 1 saturated heterocycles. The summed E-state index contributed by atoms with van der Waals surface area (Å²) < 4.78 is 11.2. The Kier molecular flexibility index (Phi) is 5.13. The van der Waals surface area contributed by atoms with Gasteiger partial charge in [0, 0.05) is 37.1 Å². The molecule has 0 aromatic rings. The van der Waals surface area contributed by atoms with Gasteiger partial charge in [0.15, 0.2) is 5.96 Å². The highest BCUT2D eigenvalue weighted by molar-refractivity contribution is 5.80. The summed E-state index contributed by atoms with van der Waals surface area (Å²) in [6.45, 7) is 3.26. The third-order valence-electron chi connectivity index (χ3n) is 7.24. The first kappa shape index (κ1) is 18.1. The third-order valence-corrected chi connectivity index (χ3v) is 7.24. The molecule has 6 heteroatoms. The van der Waals surface area contributed by atoms with E-state index in [1.165, 1.54) is 25.7 Å². The molecule has 0 amide bonds. The Balaban J connectivity index is 1.29. The number of esters is 1. The minimum Gasteiger partial charge on any atom is -0.466 e. The maximum Gasteiger partial charge on any atom is 0.308 e. The van der Waals surface area contributed by atoms with Gasteiger partial charge in [-0.3, -0.25) is 9.79 Å². The van der Waals surface area contributed by atoms with E-state index < -0.39 is 0 Å². The van der Waals surface area contributed by atoms with Gasteiger partial charge in [-0.1, -0.05) is 6.42 Å². The Morgan fingerprint density at radius 1 is 1.19 bits per heavy atom. The summed E-state index contributed by atoms with van der Waals surface area (Å²) in [6, 6.07) is 0.894. The van der Waals surface area contributed by atoms with Gasteiger partial charge in [-0.15, -0.1) is 0 Å². The molecule has 1 spiro atoms. The molecule has 6 nitrogen and oxygen atoms in total. The van der Waals surface area contributed by atoms with E-state index in [9.17, 15) is 4.79 Å². The van der Waals surface area contributed by atoms with Crippen molar-refractivity contribution < 1.29 is 14.3 Å². The molecule has 0 aromatic carbocycles. The van der Waals surface area contributed by atoms with Crippen molar-refractivity contribution in [2.45, 2.75) is 76.5 Å². The normalized spacial score (nSPS) is 38.1. The fraction of sp³-hybridized carbons (Fsp3) is 0.900. The van der Waals surface area contributed by atoms with Gasteiger partial charge >= 0.3 is 5.97 Å². The lowest BCUT2D eigenvalue weighted by Crippen LogP contribution is -2.72. The zero-order chi connectivity index (χ0) is 18.1. The van der Waals surface area contributed by atoms with E-state index in [2.05, 4.69) is 15.6 Å². The summed E-state index contributed by atoms with van der Waals surface area (Å²) in [5.74, 6) is 1.62. The summed E-state index contributed by atoms with van der Waals surface area (Å²) in [4.78, 5) is 16.4. The second-order valence-corrected chi connectivity index (χ2v) is 8.47. The lowest BCUT2D eigenvalue weighted by atomic mass is 9.46. The van der Waals surface area contributed by atoms with E-state index in [0.29, 0.717) is 36.1 Å². The van der Waals surface area contributed by atoms with Crippen molar-refractivity contribution in [2.24, 2.45) is 22.2 Å². The monoisotopic (exact) mass is 363 g/mol. The van der Waals surface area contributed by atoms with E-state index in [-0.39, 0.29) is 11.9 Å². The molecule has 3 saturated carbocycles. The second-order valence-electron chi connectivity index (χ2n) is 8.47. The zero-order valence-electron chi connectivity index (χ0n) is 16.1. The first-order valence-corrected chi connectivity index (χ1v) is 10.5. The van der Waals surface area contributed by atoms with Crippen LogP contribution in [0.25, 0.3) is 0 Å². The Hall–Kier alpha value is -1.30. The minimum absolute atomic E-state index is 0.0258. The van der Waals surface area contributed by atoms with Crippen molar-refractivity contribution >= 4 is 11.9 Å². The number of rotatable bonds is 4. The van der Waals surface area contributed by atoms with Crippen LogP contribution >= 0.6 is 0 Å². The van der Waals surface area contributed by atoms with Crippen LogP contribution in [0.2, 0.25) is 0 Å². The summed E-state index contributed by atoms with van der Waals surface area (Å²) in [5.41, 5.74) is 0.361. The van der Waals surface area contributed by atoms with Gasteiger partial charge in [0.05, 0.1) is 18.6 Å². The summed E-state index contributed by atoms with van der Waals surface area (Å²) in [6.07, 6.45) is 9.34. The molecule has 4 rings (SSSR count). The highest BCUT2D eigenvalue weighted by Crippen LogP contribution is 2.62. The lowest BCUT2D eigenvalue weighted by Gasteiger charge is -2.63. The Morgan fingerprint density at radius 3 is 2.58 bits per heavy atom. The molecule has 0 aromatic heterocycles. The van der Waals surface area contributed by atoms with Gasteiger partial charge in [0.25, 0.3) is 0 Å². The first-order chi connectivity index (χ1) is 12.7. The van der Waals surface area contributed by atoms with Gasteiger partial charge in [-0.25, -0.2) is 0 Å². The number of aliphatic imine (C=N–C) groups is 1. The number of hydrogen-bond acceptors (Lipinski definition) is 4. The summed E-state index contributed by atoms with van der Waals surface area (Å²) in [5, 5.41) is 7.34. The smallest absolute Gasteiger partial charge is 0.308 e. The van der Waals surface area contributed by atoms with Crippen LogP contribution in [-0.2, 0) is 14.3 Å². The van der Waals surface area contributed by atoms with Crippen LogP contribution in [-0.4, -0.2) is 50.4 Å². The maximum absolute atomic E-state index is 11.9. The van der Waals surface area contributed by atoms with Crippen molar-refractivity contribution in [3.05, 3.63) is 0 Å². The molecular formula is C20H33N3O3. The van der Waals surface area contributed by atoms with E-state index in [4.69, 9.17) is 9.47 Å². The molecule has 146 valence electrons. The van der Waals surface area contributed by atoms with Gasteiger partial charge in [0.1, 0.15) is 0 Å². The quantitative estimate of drug-likeness (QED) is 0.455. The molecule has 2 N–H and O–H groups in total. The Bertz CT molecular complexity index is 553. The van der Waals surface area contributed by atoms with Crippen molar-refractivity contribution in [1.82, 2.24) is 10.6 Å². The van der Waals surface area contributed by atoms with E-state index in [0.717, 1.165) is 38.2 Å². The molecule has 3 aliphatic carbocycles. The predicted molar refractivity (Wildman–Crippen MR) is 99.9 cm³/mol. The number of nitrogens with zero attached hydrogens (tertiary/aromatic N) is 1. The van der Waals surface area contributed by atoms with Gasteiger partial charge in [-0.2, -0.15) is 0 Å². The Labute approximate surface area is 156 Å². The minimum atomic E-state index is -0.0258. The zero-order valence-corrected chi connectivity index (χ0v) is 16.1. The summed E-state index contributed by atoms with van der Waals surface area (Å²) >= 11 is 0. The first-order valence-electron chi connectivity index (χ1n) is 10.5. The van der Waals surface area contributed by atoms with Crippen LogP contribution in [0.15, 0.2) is 4.99 Å². The SMILES string of the molecule is CCOC(=O)C1CCC(NC(=NC)NC2C3CCOC3C23CCC3)CC1. The lowest BCUT2D eigenvalue weighted by molar-refractivity contribution is -0.171. The van der Waals surface area contributed by atoms with Gasteiger partial charge in [0.2, 0.25) is 0 Å². The highest BCUT2D eigenvalue weighted by Gasteiger charge is 2.66. The predicted octanol–water partition coefficient (Wildman–Crippen LogP) is 2.23. The number of carbonyl (C=O) groups excluding carboxylic acids is 1. The highest BCUT2D eigenvalue weighted by atomic mass is 16.5. The molecule has 0 radical (unpaired) electrons. The van der Waals surface area contributed by atoms with E-state index >= 15 is 0 Å². The van der Waals surface area contributed by atoms with Crippen LogP contribution in [0.5, 0.6) is 0 Å². The molecular weight excluding hydrogens is 330 g/mol. The van der Waals surface area contributed by atoms with Crippen molar-refractivity contribution in [3.8, 4) is 0 Å². The standard InChI is InChI=1S/C20H33N3O3/c1-3-25-18(24)13-5-7-14(8-6-13)22-19(21-2)23-16-15-9-12-26-17(15)20(16)10-4-11-20/h13-17H,3-12H2,1-2H3,(H2,21,22,23). The Morgan fingerprint density at radius 2 is 1.96 bits per heavy atom. The fourth-order valence-corrected chi connectivity index (χ4v) is 5.70. The number of ether oxygens (including phenoxy) is 2. The molecule has 3 atom stereocenters. The molecule has 4 fully saturated rings. The molecule has 1 heterocycles. The topological polar surface area (TPSA) is 72.0 Å². The average molecular weight is 364 g/mol. The molecule has 0 bridgehead atoms. The molecule has 26 heavy (non-hydrogen) atoms. The van der Waals surface area contributed by atoms with Crippen LogP contribution < -0.4 is 10.6 Å². The number of nitrogens with one attached hydrogen (secondary N) is 2. The average Bonchev–Trinajstić information content (AvgIpc) is 3.03. The number of carbonyl (C=O) groups is 1. The second kappa shape index (κ2) is 7.37. The van der Waals surface area contributed by atoms with Crippen LogP contribution in [0.3, 0.4) is 0 Å². The number of guanidine groups is 1. The third kappa shape index (κ3) is 3.00. The molecule has 1 aliphatic heterocycles. The van der Waals surface area contributed by atoms with E-state index in [1.807, 2.05) is 14.0 Å². The van der Waals surface area contributed by atoms with Gasteiger partial charge < -0.3 is 20.1 Å². The fourth-order valence-electron chi connectivity index (χ4n) is 5.70. The molecule has 4 aliphatic rings. The summed E-state index contributed by atoms with van der Waals surface area (Å²) in [7, 11) is 1.86.